The van der Waals surface area contributed by atoms with Crippen LogP contribution in [0.2, 0.25) is 0 Å². The number of nitrogens with one attached hydrogen (secondary N) is 1. The Kier molecular flexibility index (Phi) is 6.07. The van der Waals surface area contributed by atoms with Gasteiger partial charge in [-0.05, 0) is 37.1 Å². The number of hydrogen-bond donors (Lipinski definition) is 1. The second kappa shape index (κ2) is 8.34. The molecular formula is C19H21F2N3O3S. The van der Waals surface area contributed by atoms with Crippen LogP contribution in [0.25, 0.3) is 0 Å². The highest BCUT2D eigenvalue weighted by Crippen LogP contribution is 2.21. The zero-order valence-electron chi connectivity index (χ0n) is 15.4. The lowest BCUT2D eigenvalue weighted by Gasteiger charge is -2.34. The molecule has 28 heavy (non-hydrogen) atoms. The van der Waals surface area contributed by atoms with Crippen molar-refractivity contribution in [1.82, 2.24) is 8.61 Å². The Morgan fingerprint density at radius 3 is 2.50 bits per heavy atom. The van der Waals surface area contributed by atoms with E-state index in [0.29, 0.717) is 12.0 Å². The van der Waals surface area contributed by atoms with Crippen LogP contribution >= 0.6 is 0 Å². The van der Waals surface area contributed by atoms with E-state index in [4.69, 9.17) is 0 Å². The van der Waals surface area contributed by atoms with Gasteiger partial charge in [-0.25, -0.2) is 8.78 Å². The van der Waals surface area contributed by atoms with Gasteiger partial charge >= 0.3 is 0 Å². The number of carbonyl (C=O) groups excluding carboxylic acids is 1. The average molecular weight is 409 g/mol. The van der Waals surface area contributed by atoms with Crippen molar-refractivity contribution in [2.75, 3.05) is 25.0 Å². The maximum Gasteiger partial charge on any atom is 0.282 e. The summed E-state index contributed by atoms with van der Waals surface area (Å²) in [5.74, 6) is -1.51. The molecule has 0 aliphatic carbocycles. The highest BCUT2D eigenvalue weighted by Gasteiger charge is 2.35. The van der Waals surface area contributed by atoms with Gasteiger partial charge in [-0.3, -0.25) is 4.79 Å². The van der Waals surface area contributed by atoms with Gasteiger partial charge in [-0.15, -0.1) is 0 Å². The largest absolute Gasteiger partial charge is 0.325 e. The summed E-state index contributed by atoms with van der Waals surface area (Å²) in [6, 6.07) is 10.2. The molecule has 1 aliphatic rings. The van der Waals surface area contributed by atoms with Crippen molar-refractivity contribution >= 4 is 21.8 Å². The summed E-state index contributed by atoms with van der Waals surface area (Å²) in [7, 11) is -3.92. The maximum absolute atomic E-state index is 13.9. The molecule has 0 unspecified atom stereocenters. The van der Waals surface area contributed by atoms with Crippen LogP contribution in [0.1, 0.15) is 17.5 Å². The first kappa shape index (κ1) is 20.4. The predicted molar refractivity (Wildman–Crippen MR) is 102 cm³/mol. The van der Waals surface area contributed by atoms with Gasteiger partial charge in [0.1, 0.15) is 11.6 Å². The fourth-order valence-electron chi connectivity index (χ4n) is 2.99. The molecule has 0 atom stereocenters. The lowest BCUT2D eigenvalue weighted by atomic mass is 10.2. The number of rotatable bonds is 5. The molecule has 9 heteroatoms. The van der Waals surface area contributed by atoms with Gasteiger partial charge in [0.2, 0.25) is 5.91 Å². The van der Waals surface area contributed by atoms with Crippen LogP contribution in [0, 0.1) is 18.6 Å². The molecule has 1 heterocycles. The number of nitrogens with zero attached hydrogens (tertiary/aromatic N) is 2. The van der Waals surface area contributed by atoms with E-state index in [1.54, 1.807) is 19.1 Å². The van der Waals surface area contributed by atoms with Crippen LogP contribution in [0.5, 0.6) is 0 Å². The first-order chi connectivity index (χ1) is 13.3. The Morgan fingerprint density at radius 1 is 1.07 bits per heavy atom. The molecule has 1 N–H and O–H groups in total. The van der Waals surface area contributed by atoms with E-state index in [1.807, 2.05) is 0 Å². The number of aryl methyl sites for hydroxylation is 1. The number of amides is 1. The molecule has 3 rings (SSSR count). The Balaban J connectivity index is 1.68. The van der Waals surface area contributed by atoms with Gasteiger partial charge in [0.15, 0.2) is 0 Å². The summed E-state index contributed by atoms with van der Waals surface area (Å²) in [5, 5.41) is 2.51. The Hall–Kier alpha value is -2.36. The first-order valence-corrected chi connectivity index (χ1v) is 10.2. The Labute approximate surface area is 162 Å². The van der Waals surface area contributed by atoms with Crippen molar-refractivity contribution in [3.63, 3.8) is 0 Å². The zero-order chi connectivity index (χ0) is 20.3. The Bertz CT molecular complexity index is 982. The van der Waals surface area contributed by atoms with E-state index >= 15 is 0 Å². The molecule has 6 nitrogen and oxygen atoms in total. The molecule has 1 fully saturated rings. The minimum atomic E-state index is -3.92. The summed E-state index contributed by atoms with van der Waals surface area (Å²) in [6.45, 7) is 1.54. The van der Waals surface area contributed by atoms with Gasteiger partial charge in [0.05, 0.1) is 6.54 Å². The number of carbonyl (C=O) groups is 1. The van der Waals surface area contributed by atoms with Crippen molar-refractivity contribution in [2.24, 2.45) is 0 Å². The fraction of sp³-hybridized carbons (Fsp3) is 0.316. The molecule has 0 saturated carbocycles. The van der Waals surface area contributed by atoms with Crippen molar-refractivity contribution in [3.05, 3.63) is 65.2 Å². The number of anilines is 1. The standard InChI is InChI=1S/C19H21F2N3O3S/c1-14-7-8-16(11-18(14)21)22-19(25)13-24-10-4-9-23(28(24,26)27)12-15-5-2-3-6-17(15)20/h2-3,5-8,11H,4,9-10,12-13H2,1H3,(H,22,25). The normalized spacial score (nSPS) is 17.4. The molecule has 0 bridgehead atoms. The van der Waals surface area contributed by atoms with Crippen molar-refractivity contribution < 1.29 is 22.0 Å². The summed E-state index contributed by atoms with van der Waals surface area (Å²) >= 11 is 0. The summed E-state index contributed by atoms with van der Waals surface area (Å²) in [6.07, 6.45) is 0.514. The van der Waals surface area contributed by atoms with Gasteiger partial charge in [0, 0.05) is 30.9 Å². The van der Waals surface area contributed by atoms with Crippen LogP contribution in [0.3, 0.4) is 0 Å². The third kappa shape index (κ3) is 4.54. The third-order valence-electron chi connectivity index (χ3n) is 4.55. The molecule has 1 saturated heterocycles. The van der Waals surface area contributed by atoms with Gasteiger partial charge in [-0.1, -0.05) is 24.3 Å². The number of hydrogen-bond acceptors (Lipinski definition) is 3. The van der Waals surface area contributed by atoms with E-state index in [9.17, 15) is 22.0 Å². The monoisotopic (exact) mass is 409 g/mol. The molecule has 0 spiro atoms. The molecule has 150 valence electrons. The van der Waals surface area contributed by atoms with E-state index in [2.05, 4.69) is 5.32 Å². The first-order valence-electron chi connectivity index (χ1n) is 8.82. The summed E-state index contributed by atoms with van der Waals surface area (Å²) in [4.78, 5) is 12.3. The molecule has 2 aromatic carbocycles. The maximum atomic E-state index is 13.9. The molecular weight excluding hydrogens is 388 g/mol. The number of halogens is 2. The van der Waals surface area contributed by atoms with Crippen LogP contribution in [0.4, 0.5) is 14.5 Å². The Morgan fingerprint density at radius 2 is 1.79 bits per heavy atom. The molecule has 1 amide bonds. The van der Waals surface area contributed by atoms with Crippen LogP contribution in [-0.4, -0.2) is 42.6 Å². The molecule has 0 aromatic heterocycles. The summed E-state index contributed by atoms with van der Waals surface area (Å²) < 4.78 is 55.3. The number of benzene rings is 2. The smallest absolute Gasteiger partial charge is 0.282 e. The van der Waals surface area contributed by atoms with Crippen molar-refractivity contribution in [3.8, 4) is 0 Å². The van der Waals surface area contributed by atoms with Gasteiger partial charge in [0.25, 0.3) is 10.2 Å². The highest BCUT2D eigenvalue weighted by molar-refractivity contribution is 7.86. The van der Waals surface area contributed by atoms with Gasteiger partial charge < -0.3 is 5.32 Å². The van der Waals surface area contributed by atoms with E-state index in [0.717, 1.165) is 8.61 Å². The van der Waals surface area contributed by atoms with Crippen LogP contribution in [0.15, 0.2) is 42.5 Å². The quantitative estimate of drug-likeness (QED) is 0.826. The second-order valence-corrected chi connectivity index (χ2v) is 8.56. The van der Waals surface area contributed by atoms with E-state index in [-0.39, 0.29) is 30.9 Å². The fourth-order valence-corrected chi connectivity index (χ4v) is 4.62. The minimum Gasteiger partial charge on any atom is -0.325 e. The SMILES string of the molecule is Cc1ccc(NC(=O)CN2CCCN(Cc3ccccc3F)S2(=O)=O)cc1F. The second-order valence-electron chi connectivity index (χ2n) is 6.63. The van der Waals surface area contributed by atoms with Gasteiger partial charge in [-0.2, -0.15) is 17.0 Å². The summed E-state index contributed by atoms with van der Waals surface area (Å²) in [5.41, 5.74) is 0.971. The van der Waals surface area contributed by atoms with Crippen LogP contribution < -0.4 is 5.32 Å². The highest BCUT2D eigenvalue weighted by atomic mass is 32.2. The topological polar surface area (TPSA) is 69.7 Å². The van der Waals surface area contributed by atoms with Crippen molar-refractivity contribution in [1.29, 1.82) is 0 Å². The van der Waals surface area contributed by atoms with Crippen molar-refractivity contribution in [2.45, 2.75) is 19.9 Å². The average Bonchev–Trinajstić information content (AvgIpc) is 2.63. The predicted octanol–water partition coefficient (Wildman–Crippen LogP) is 2.66. The molecule has 0 radical (unpaired) electrons. The third-order valence-corrected chi connectivity index (χ3v) is 6.48. The lowest BCUT2D eigenvalue weighted by molar-refractivity contribution is -0.116. The minimum absolute atomic E-state index is 0.101. The van der Waals surface area contributed by atoms with E-state index in [1.165, 1.54) is 30.3 Å². The molecule has 1 aliphatic heterocycles. The lowest BCUT2D eigenvalue weighted by Crippen LogP contribution is -2.51. The van der Waals surface area contributed by atoms with Crippen LogP contribution in [-0.2, 0) is 21.5 Å². The molecule has 2 aromatic rings. The van der Waals surface area contributed by atoms with E-state index < -0.39 is 34.3 Å². The zero-order valence-corrected chi connectivity index (χ0v) is 16.2.